The molecule has 0 spiro atoms. The van der Waals surface area contributed by atoms with E-state index < -0.39 is 0 Å². The number of benzene rings is 2. The van der Waals surface area contributed by atoms with Crippen LogP contribution in [-0.2, 0) is 6.42 Å². The quantitative estimate of drug-likeness (QED) is 0.726. The Kier molecular flexibility index (Phi) is 7.16. The Morgan fingerprint density at radius 1 is 0.778 bits per heavy atom. The Morgan fingerprint density at radius 3 is 1.89 bits per heavy atom. The van der Waals surface area contributed by atoms with Crippen molar-refractivity contribution in [1.82, 2.24) is 5.32 Å². The first-order valence-corrected chi connectivity index (χ1v) is 8.36. The molecule has 0 aromatic heterocycles. The maximum absolute atomic E-state index is 12.5. The van der Waals surface area contributed by atoms with Gasteiger partial charge in [-0.15, -0.1) is 0 Å². The minimum Gasteiger partial charge on any atom is -0.497 e. The lowest BCUT2D eigenvalue weighted by atomic mass is 10.1. The molecule has 2 aromatic rings. The summed E-state index contributed by atoms with van der Waals surface area (Å²) in [4.78, 5) is 12.5. The van der Waals surface area contributed by atoms with Crippen LogP contribution >= 0.6 is 0 Å². The molecule has 0 bridgehead atoms. The number of methoxy groups -OCH3 is 5. The van der Waals surface area contributed by atoms with Gasteiger partial charge in [-0.1, -0.05) is 0 Å². The summed E-state index contributed by atoms with van der Waals surface area (Å²) in [6.07, 6.45) is 0.545. The van der Waals surface area contributed by atoms with E-state index in [1.807, 2.05) is 6.07 Å². The highest BCUT2D eigenvalue weighted by molar-refractivity contribution is 5.95. The van der Waals surface area contributed by atoms with Gasteiger partial charge in [-0.05, 0) is 24.6 Å². The lowest BCUT2D eigenvalue weighted by Gasteiger charge is -2.15. The Bertz CT molecular complexity index is 768. The molecule has 2 aromatic carbocycles. The van der Waals surface area contributed by atoms with Crippen molar-refractivity contribution < 1.29 is 28.5 Å². The molecule has 0 saturated heterocycles. The molecule has 0 unspecified atom stereocenters. The monoisotopic (exact) mass is 375 g/mol. The van der Waals surface area contributed by atoms with Crippen molar-refractivity contribution in [3.05, 3.63) is 41.5 Å². The molecule has 146 valence electrons. The summed E-state index contributed by atoms with van der Waals surface area (Å²) in [6, 6.07) is 8.65. The highest BCUT2D eigenvalue weighted by Gasteiger charge is 2.14. The summed E-state index contributed by atoms with van der Waals surface area (Å²) in [5, 5.41) is 2.89. The largest absolute Gasteiger partial charge is 0.497 e. The first kappa shape index (κ1) is 20.2. The van der Waals surface area contributed by atoms with E-state index in [1.54, 1.807) is 59.8 Å². The zero-order chi connectivity index (χ0) is 19.8. The minimum atomic E-state index is -0.221. The van der Waals surface area contributed by atoms with E-state index in [4.69, 9.17) is 23.7 Å². The highest BCUT2D eigenvalue weighted by Crippen LogP contribution is 2.35. The second-order valence-electron chi connectivity index (χ2n) is 5.63. The number of amides is 1. The number of rotatable bonds is 9. The lowest BCUT2D eigenvalue weighted by molar-refractivity contribution is 0.0953. The van der Waals surface area contributed by atoms with Crippen molar-refractivity contribution in [3.8, 4) is 28.7 Å². The molecule has 0 aliphatic heterocycles. The van der Waals surface area contributed by atoms with Gasteiger partial charge in [-0.3, -0.25) is 4.79 Å². The van der Waals surface area contributed by atoms with Gasteiger partial charge in [0, 0.05) is 29.8 Å². The van der Waals surface area contributed by atoms with Crippen LogP contribution in [0.1, 0.15) is 15.9 Å². The fourth-order valence-electron chi connectivity index (χ4n) is 2.67. The van der Waals surface area contributed by atoms with E-state index in [-0.39, 0.29) is 5.91 Å². The van der Waals surface area contributed by atoms with Crippen molar-refractivity contribution in [3.63, 3.8) is 0 Å². The van der Waals surface area contributed by atoms with Gasteiger partial charge in [0.05, 0.1) is 35.5 Å². The van der Waals surface area contributed by atoms with Crippen LogP contribution in [0.15, 0.2) is 30.3 Å². The number of carbonyl (C=O) groups excluding carboxylic acids is 1. The Morgan fingerprint density at radius 2 is 1.37 bits per heavy atom. The average molecular weight is 375 g/mol. The third-order valence-electron chi connectivity index (χ3n) is 4.06. The fraction of sp³-hybridized carbons (Fsp3) is 0.350. The van der Waals surface area contributed by atoms with E-state index in [9.17, 15) is 4.79 Å². The first-order valence-electron chi connectivity index (χ1n) is 8.36. The van der Waals surface area contributed by atoms with Crippen molar-refractivity contribution in [2.45, 2.75) is 6.42 Å². The molecule has 0 fully saturated rings. The molecule has 0 atom stereocenters. The second kappa shape index (κ2) is 9.56. The number of ether oxygens (including phenoxy) is 5. The normalized spacial score (nSPS) is 10.1. The Hall–Kier alpha value is -3.09. The Labute approximate surface area is 159 Å². The predicted molar refractivity (Wildman–Crippen MR) is 102 cm³/mol. The predicted octanol–water partition coefficient (Wildman–Crippen LogP) is 2.70. The molecule has 0 heterocycles. The summed E-state index contributed by atoms with van der Waals surface area (Å²) in [5.74, 6) is 2.75. The molecular formula is C20H25NO6. The van der Waals surface area contributed by atoms with Crippen LogP contribution in [0.4, 0.5) is 0 Å². The second-order valence-corrected chi connectivity index (χ2v) is 5.63. The van der Waals surface area contributed by atoms with E-state index >= 15 is 0 Å². The van der Waals surface area contributed by atoms with Gasteiger partial charge in [0.1, 0.15) is 17.2 Å². The van der Waals surface area contributed by atoms with Crippen molar-refractivity contribution >= 4 is 5.91 Å². The fourth-order valence-corrected chi connectivity index (χ4v) is 2.67. The standard InChI is InChI=1S/C20H25NO6/c1-23-15-9-14(10-16(11-15)24-2)20(22)21-7-6-13-8-17(25-3)12-18(26-4)19(13)27-5/h8-12H,6-7H2,1-5H3,(H,21,22). The van der Waals surface area contributed by atoms with Gasteiger partial charge in [-0.25, -0.2) is 0 Å². The molecule has 7 heteroatoms. The number of hydrogen-bond donors (Lipinski definition) is 1. The van der Waals surface area contributed by atoms with Crippen LogP contribution < -0.4 is 29.0 Å². The minimum absolute atomic E-state index is 0.221. The van der Waals surface area contributed by atoms with Gasteiger partial charge in [0.2, 0.25) is 0 Å². The summed E-state index contributed by atoms with van der Waals surface area (Å²) in [5.41, 5.74) is 1.33. The summed E-state index contributed by atoms with van der Waals surface area (Å²) < 4.78 is 26.5. The average Bonchev–Trinajstić information content (AvgIpc) is 2.72. The number of nitrogens with one attached hydrogen (secondary N) is 1. The molecule has 0 radical (unpaired) electrons. The maximum Gasteiger partial charge on any atom is 0.251 e. The smallest absolute Gasteiger partial charge is 0.251 e. The van der Waals surface area contributed by atoms with Crippen molar-refractivity contribution in [2.24, 2.45) is 0 Å². The highest BCUT2D eigenvalue weighted by atomic mass is 16.5. The van der Waals surface area contributed by atoms with Crippen molar-refractivity contribution in [1.29, 1.82) is 0 Å². The van der Waals surface area contributed by atoms with Gasteiger partial charge < -0.3 is 29.0 Å². The molecular weight excluding hydrogens is 350 g/mol. The summed E-state index contributed by atoms with van der Waals surface area (Å²) in [7, 11) is 7.81. The summed E-state index contributed by atoms with van der Waals surface area (Å²) >= 11 is 0. The van der Waals surface area contributed by atoms with Gasteiger partial charge >= 0.3 is 0 Å². The molecule has 0 aliphatic carbocycles. The SMILES string of the molecule is COc1cc(OC)cc(C(=O)NCCc2cc(OC)cc(OC)c2OC)c1. The third kappa shape index (κ3) is 4.97. The molecule has 2 rings (SSSR count). The Balaban J connectivity index is 2.11. The maximum atomic E-state index is 12.5. The van der Waals surface area contributed by atoms with E-state index in [0.29, 0.717) is 47.3 Å². The summed E-state index contributed by atoms with van der Waals surface area (Å²) in [6.45, 7) is 0.408. The first-order chi connectivity index (χ1) is 13.1. The van der Waals surface area contributed by atoms with E-state index in [2.05, 4.69) is 5.32 Å². The lowest BCUT2D eigenvalue weighted by Crippen LogP contribution is -2.25. The molecule has 1 N–H and O–H groups in total. The van der Waals surface area contributed by atoms with Crippen LogP contribution in [0.5, 0.6) is 28.7 Å². The number of hydrogen-bond acceptors (Lipinski definition) is 6. The number of carbonyl (C=O) groups is 1. The molecule has 0 aliphatic rings. The topological polar surface area (TPSA) is 75.3 Å². The zero-order valence-electron chi connectivity index (χ0n) is 16.3. The van der Waals surface area contributed by atoms with Gasteiger partial charge in [0.25, 0.3) is 5.91 Å². The van der Waals surface area contributed by atoms with E-state index in [1.165, 1.54) is 0 Å². The van der Waals surface area contributed by atoms with Gasteiger partial charge in [-0.2, -0.15) is 0 Å². The molecule has 1 amide bonds. The van der Waals surface area contributed by atoms with Gasteiger partial charge in [0.15, 0.2) is 11.5 Å². The molecule has 0 saturated carbocycles. The molecule has 27 heavy (non-hydrogen) atoms. The zero-order valence-corrected chi connectivity index (χ0v) is 16.3. The van der Waals surface area contributed by atoms with Crippen LogP contribution in [0, 0.1) is 0 Å². The van der Waals surface area contributed by atoms with Crippen LogP contribution in [-0.4, -0.2) is 48.0 Å². The van der Waals surface area contributed by atoms with Crippen LogP contribution in [0.25, 0.3) is 0 Å². The van der Waals surface area contributed by atoms with Crippen molar-refractivity contribution in [2.75, 3.05) is 42.1 Å². The molecule has 7 nitrogen and oxygen atoms in total. The van der Waals surface area contributed by atoms with Crippen LogP contribution in [0.2, 0.25) is 0 Å². The van der Waals surface area contributed by atoms with E-state index in [0.717, 1.165) is 5.56 Å². The van der Waals surface area contributed by atoms with Crippen LogP contribution in [0.3, 0.4) is 0 Å². The third-order valence-corrected chi connectivity index (χ3v) is 4.06.